The van der Waals surface area contributed by atoms with E-state index in [2.05, 4.69) is 14.7 Å². The molecule has 1 saturated carbocycles. The van der Waals surface area contributed by atoms with Crippen LogP contribution in [0.1, 0.15) is 58.1 Å². The molecule has 1 unspecified atom stereocenters. The van der Waals surface area contributed by atoms with Gasteiger partial charge in [-0.25, -0.2) is 18.1 Å². The van der Waals surface area contributed by atoms with Crippen molar-refractivity contribution >= 4 is 27.0 Å². The first kappa shape index (κ1) is 24.4. The summed E-state index contributed by atoms with van der Waals surface area (Å²) in [5.41, 5.74) is 2.94. The highest BCUT2D eigenvalue weighted by Crippen LogP contribution is 2.28. The number of hydrogen-bond acceptors (Lipinski definition) is 6. The first-order chi connectivity index (χ1) is 16.1. The first-order valence-corrected chi connectivity index (χ1v) is 13.1. The summed E-state index contributed by atoms with van der Waals surface area (Å²) in [7, 11) is -3.72. The van der Waals surface area contributed by atoms with Gasteiger partial charge in [-0.1, -0.05) is 24.3 Å². The Morgan fingerprint density at radius 3 is 2.38 bits per heavy atom. The predicted octanol–water partition coefficient (Wildman–Crippen LogP) is 4.07. The number of esters is 1. The van der Waals surface area contributed by atoms with E-state index in [1.807, 2.05) is 38.1 Å². The van der Waals surface area contributed by atoms with Gasteiger partial charge in [0, 0.05) is 11.6 Å². The molecule has 4 rings (SSSR count). The Morgan fingerprint density at radius 1 is 1.09 bits per heavy atom. The van der Waals surface area contributed by atoms with Crippen LogP contribution in [0.3, 0.4) is 0 Å². The molecule has 8 nitrogen and oxygen atoms in total. The number of aliphatic hydroxyl groups is 1. The second kappa shape index (κ2) is 9.85. The van der Waals surface area contributed by atoms with Gasteiger partial charge in [-0.3, -0.25) is 4.79 Å². The van der Waals surface area contributed by atoms with Gasteiger partial charge in [-0.2, -0.15) is 0 Å². The van der Waals surface area contributed by atoms with Crippen molar-refractivity contribution in [3.8, 4) is 11.4 Å². The minimum atomic E-state index is -3.72. The van der Waals surface area contributed by atoms with Gasteiger partial charge in [0.05, 0.1) is 34.1 Å². The maximum Gasteiger partial charge on any atom is 0.309 e. The van der Waals surface area contributed by atoms with Crippen molar-refractivity contribution < 1.29 is 23.1 Å². The third-order valence-corrected chi connectivity index (χ3v) is 7.68. The number of nitrogens with one attached hydrogen (secondary N) is 2. The summed E-state index contributed by atoms with van der Waals surface area (Å²) in [5, 5.41) is 9.69. The molecule has 3 aromatic rings. The van der Waals surface area contributed by atoms with Gasteiger partial charge < -0.3 is 14.8 Å². The Labute approximate surface area is 199 Å². The van der Waals surface area contributed by atoms with Crippen molar-refractivity contribution in [3.63, 3.8) is 0 Å². The molecule has 1 aromatic heterocycles. The fourth-order valence-electron chi connectivity index (χ4n) is 4.28. The van der Waals surface area contributed by atoms with Crippen LogP contribution in [-0.4, -0.2) is 41.6 Å². The molecule has 9 heteroatoms. The average molecular weight is 486 g/mol. The Hall–Kier alpha value is -2.75. The lowest BCUT2D eigenvalue weighted by Gasteiger charge is -2.28. The van der Waals surface area contributed by atoms with Crippen LogP contribution in [0, 0.1) is 5.92 Å². The zero-order chi connectivity index (χ0) is 24.5. The number of aliphatic hydroxyl groups excluding tert-OH is 1. The maximum atomic E-state index is 13.0. The second-order valence-corrected chi connectivity index (χ2v) is 10.9. The maximum absolute atomic E-state index is 13.0. The number of ether oxygens (including phenoxy) is 1. The van der Waals surface area contributed by atoms with E-state index in [0.29, 0.717) is 42.5 Å². The molecule has 1 fully saturated rings. The van der Waals surface area contributed by atoms with Gasteiger partial charge >= 0.3 is 5.97 Å². The number of aromatic amines is 1. The van der Waals surface area contributed by atoms with E-state index in [9.17, 15) is 18.3 Å². The van der Waals surface area contributed by atoms with E-state index >= 15 is 0 Å². The molecule has 1 atom stereocenters. The lowest BCUT2D eigenvalue weighted by molar-refractivity contribution is -0.153. The van der Waals surface area contributed by atoms with Crippen LogP contribution in [0.4, 0.5) is 0 Å². The number of fused-ring (bicyclic) bond motifs is 1. The quantitative estimate of drug-likeness (QED) is 0.434. The highest BCUT2D eigenvalue weighted by atomic mass is 32.2. The molecule has 1 heterocycles. The molecule has 0 radical (unpaired) electrons. The van der Waals surface area contributed by atoms with Gasteiger partial charge in [0.15, 0.2) is 0 Å². The van der Waals surface area contributed by atoms with E-state index < -0.39 is 16.1 Å². The summed E-state index contributed by atoms with van der Waals surface area (Å²) in [4.78, 5) is 20.0. The molecule has 182 valence electrons. The number of carbonyl (C=O) groups is 1. The molecular formula is C25H31N3O5S. The lowest BCUT2D eigenvalue weighted by atomic mass is 9.86. The molecule has 34 heavy (non-hydrogen) atoms. The number of rotatable bonds is 7. The number of nitrogens with zero attached hydrogens (tertiary/aromatic N) is 1. The number of hydrogen-bond donors (Lipinski definition) is 3. The fraction of sp³-hybridized carbons (Fsp3) is 0.440. The van der Waals surface area contributed by atoms with Crippen LogP contribution in [0.15, 0.2) is 47.4 Å². The summed E-state index contributed by atoms with van der Waals surface area (Å²) in [6.07, 6.45) is 1.70. The number of imidazole rings is 1. The summed E-state index contributed by atoms with van der Waals surface area (Å²) in [6.45, 7) is 5.35. The van der Waals surface area contributed by atoms with Crippen molar-refractivity contribution in [1.82, 2.24) is 14.7 Å². The normalized spacial score (nSPS) is 19.9. The van der Waals surface area contributed by atoms with Gasteiger partial charge in [-0.05, 0) is 70.2 Å². The molecular weight excluding hydrogens is 454 g/mol. The third-order valence-electron chi connectivity index (χ3n) is 6.16. The van der Waals surface area contributed by atoms with Crippen LogP contribution in [0.25, 0.3) is 22.4 Å². The van der Waals surface area contributed by atoms with Crippen LogP contribution < -0.4 is 4.72 Å². The number of H-pyrrole nitrogens is 1. The summed E-state index contributed by atoms with van der Waals surface area (Å²) >= 11 is 0. The predicted molar refractivity (Wildman–Crippen MR) is 129 cm³/mol. The smallest absolute Gasteiger partial charge is 0.309 e. The molecule has 0 amide bonds. The number of aromatic nitrogens is 2. The van der Waals surface area contributed by atoms with Crippen LogP contribution in [0.5, 0.6) is 0 Å². The number of benzene rings is 2. The van der Waals surface area contributed by atoms with Gasteiger partial charge in [0.25, 0.3) is 0 Å². The third kappa shape index (κ3) is 5.48. The zero-order valence-corrected chi connectivity index (χ0v) is 20.4. The highest BCUT2D eigenvalue weighted by molar-refractivity contribution is 7.89. The molecule has 1 aliphatic rings. The number of carbonyl (C=O) groups excluding carboxylic acids is 1. The summed E-state index contributed by atoms with van der Waals surface area (Å²) < 4.78 is 34.1. The highest BCUT2D eigenvalue weighted by Gasteiger charge is 2.30. The Bertz CT molecular complexity index is 1260. The van der Waals surface area contributed by atoms with Crippen LogP contribution in [0.2, 0.25) is 0 Å². The Morgan fingerprint density at radius 2 is 1.76 bits per heavy atom. The van der Waals surface area contributed by atoms with Crippen LogP contribution >= 0.6 is 0 Å². The van der Waals surface area contributed by atoms with Gasteiger partial charge in [-0.15, -0.1) is 0 Å². The molecule has 0 spiro atoms. The molecule has 2 aromatic carbocycles. The monoisotopic (exact) mass is 485 g/mol. The van der Waals surface area contributed by atoms with Crippen molar-refractivity contribution in [1.29, 1.82) is 0 Å². The largest absolute Gasteiger partial charge is 0.463 e. The van der Waals surface area contributed by atoms with E-state index in [1.54, 1.807) is 25.1 Å². The molecule has 1 aliphatic carbocycles. The summed E-state index contributed by atoms with van der Waals surface area (Å²) in [5.74, 6) is 0.260. The standard InChI is InChI=1S/C25H31N3O5S/c1-15(2)33-25(30)19-8-10-20(11-9-19)28-34(31,32)21-12-13-22-23(14-21)27-24(26-22)18-6-4-17(5-7-18)16(3)29/h4-7,12-16,19-20,28-29H,8-11H2,1-3H3,(H,26,27). The van der Waals surface area contributed by atoms with Crippen molar-refractivity contribution in [2.75, 3.05) is 0 Å². The number of sulfonamides is 1. The van der Waals surface area contributed by atoms with E-state index in [4.69, 9.17) is 4.74 Å². The lowest BCUT2D eigenvalue weighted by Crippen LogP contribution is -2.39. The minimum Gasteiger partial charge on any atom is -0.463 e. The van der Waals surface area contributed by atoms with Crippen LogP contribution in [-0.2, 0) is 19.6 Å². The van der Waals surface area contributed by atoms with Crippen molar-refractivity contribution in [2.45, 2.75) is 69.6 Å². The Balaban J connectivity index is 1.45. The molecule has 0 saturated heterocycles. The zero-order valence-electron chi connectivity index (χ0n) is 19.6. The van der Waals surface area contributed by atoms with E-state index in [-0.39, 0.29) is 28.9 Å². The SMILES string of the molecule is CC(C)OC(=O)C1CCC(NS(=O)(=O)c2ccc3nc(-c4ccc(C(C)O)cc4)[nH]c3c2)CC1. The minimum absolute atomic E-state index is 0.148. The first-order valence-electron chi connectivity index (χ1n) is 11.6. The van der Waals surface area contributed by atoms with E-state index in [1.165, 1.54) is 0 Å². The van der Waals surface area contributed by atoms with Gasteiger partial charge in [0.2, 0.25) is 10.0 Å². The molecule has 0 aliphatic heterocycles. The molecule has 3 N–H and O–H groups in total. The second-order valence-electron chi connectivity index (χ2n) is 9.22. The Kier molecular flexibility index (Phi) is 7.06. The van der Waals surface area contributed by atoms with E-state index in [0.717, 1.165) is 11.1 Å². The fourth-order valence-corrected chi connectivity index (χ4v) is 5.61. The average Bonchev–Trinajstić information content (AvgIpc) is 3.22. The van der Waals surface area contributed by atoms with Crippen molar-refractivity contribution in [2.24, 2.45) is 5.92 Å². The summed E-state index contributed by atoms with van der Waals surface area (Å²) in [6, 6.07) is 12.0. The van der Waals surface area contributed by atoms with Gasteiger partial charge in [0.1, 0.15) is 5.82 Å². The topological polar surface area (TPSA) is 121 Å². The van der Waals surface area contributed by atoms with Crippen molar-refractivity contribution in [3.05, 3.63) is 48.0 Å². The molecule has 0 bridgehead atoms.